The molecule has 1 heterocycles. The molecule has 0 aliphatic heterocycles. The summed E-state index contributed by atoms with van der Waals surface area (Å²) >= 11 is 1.44. The van der Waals surface area contributed by atoms with Crippen LogP contribution < -0.4 is 14.8 Å². The number of carbonyl (C=O) groups excluding carboxylic acids is 1. The second-order valence-corrected chi connectivity index (χ2v) is 7.01. The van der Waals surface area contributed by atoms with Gasteiger partial charge in [0.05, 0.1) is 13.2 Å². The third kappa shape index (κ3) is 3.94. The average molecular weight is 355 g/mol. The van der Waals surface area contributed by atoms with E-state index in [1.165, 1.54) is 11.3 Å². The highest BCUT2D eigenvalue weighted by Crippen LogP contribution is 2.40. The van der Waals surface area contributed by atoms with Crippen LogP contribution in [0.5, 0.6) is 11.5 Å². The molecule has 0 aliphatic carbocycles. The number of nitrogens with one attached hydrogen (secondary N) is 1. The van der Waals surface area contributed by atoms with E-state index in [1.807, 2.05) is 62.4 Å². The van der Waals surface area contributed by atoms with E-state index >= 15 is 0 Å². The Morgan fingerprint density at radius 2 is 1.92 bits per heavy atom. The molecule has 1 aromatic heterocycles. The van der Waals surface area contributed by atoms with Crippen molar-refractivity contribution >= 4 is 27.3 Å². The van der Waals surface area contributed by atoms with Gasteiger partial charge in [0.2, 0.25) is 0 Å². The van der Waals surface area contributed by atoms with Crippen molar-refractivity contribution in [2.45, 2.75) is 26.5 Å². The number of carbonyl (C=O) groups is 1. The molecule has 0 saturated heterocycles. The van der Waals surface area contributed by atoms with Crippen LogP contribution in [0.25, 0.3) is 10.1 Å². The lowest BCUT2D eigenvalue weighted by Gasteiger charge is -2.12. The molecule has 5 heteroatoms. The van der Waals surface area contributed by atoms with Gasteiger partial charge in [-0.25, -0.2) is 0 Å². The number of methoxy groups -OCH3 is 1. The number of ether oxygens (including phenoxy) is 2. The first-order chi connectivity index (χ1) is 12.1. The summed E-state index contributed by atoms with van der Waals surface area (Å²) < 4.78 is 12.3. The maximum Gasteiger partial charge on any atom is 0.265 e. The summed E-state index contributed by atoms with van der Waals surface area (Å²) in [5, 5.41) is 3.88. The van der Waals surface area contributed by atoms with Gasteiger partial charge in [0.25, 0.3) is 5.91 Å². The molecule has 1 amide bonds. The highest BCUT2D eigenvalue weighted by atomic mass is 32.1. The number of hydrogen-bond acceptors (Lipinski definition) is 4. The summed E-state index contributed by atoms with van der Waals surface area (Å²) in [5.41, 5.74) is 1.06. The fraction of sp³-hybridized carbons (Fsp3) is 0.250. The van der Waals surface area contributed by atoms with Crippen molar-refractivity contribution in [3.8, 4) is 11.5 Å². The number of thiophene rings is 1. The van der Waals surface area contributed by atoms with Gasteiger partial charge in [-0.2, -0.15) is 0 Å². The maximum absolute atomic E-state index is 12.7. The van der Waals surface area contributed by atoms with E-state index in [1.54, 1.807) is 7.11 Å². The van der Waals surface area contributed by atoms with Gasteiger partial charge in [-0.05, 0) is 37.6 Å². The zero-order valence-corrected chi connectivity index (χ0v) is 15.4. The van der Waals surface area contributed by atoms with Crippen LogP contribution in [-0.4, -0.2) is 19.1 Å². The Hall–Kier alpha value is -2.53. The van der Waals surface area contributed by atoms with Gasteiger partial charge in [-0.1, -0.05) is 30.3 Å². The summed E-state index contributed by atoms with van der Waals surface area (Å²) in [4.78, 5) is 13.3. The number of rotatable bonds is 6. The quantitative estimate of drug-likeness (QED) is 0.701. The van der Waals surface area contributed by atoms with E-state index in [0.29, 0.717) is 17.2 Å². The van der Waals surface area contributed by atoms with E-state index in [2.05, 4.69) is 5.32 Å². The van der Waals surface area contributed by atoms with E-state index in [4.69, 9.17) is 9.47 Å². The smallest absolute Gasteiger partial charge is 0.265 e. The highest BCUT2D eigenvalue weighted by molar-refractivity contribution is 7.21. The van der Waals surface area contributed by atoms with Gasteiger partial charge in [0.15, 0.2) is 5.75 Å². The molecule has 0 fully saturated rings. The molecular formula is C20H21NO3S. The first kappa shape index (κ1) is 17.3. The molecule has 0 spiro atoms. The maximum atomic E-state index is 12.7. The molecule has 0 radical (unpaired) electrons. The van der Waals surface area contributed by atoms with Crippen molar-refractivity contribution in [1.29, 1.82) is 0 Å². The van der Waals surface area contributed by atoms with Crippen LogP contribution in [0.1, 0.15) is 29.1 Å². The lowest BCUT2D eigenvalue weighted by atomic mass is 10.2. The Labute approximate surface area is 151 Å². The van der Waals surface area contributed by atoms with Crippen molar-refractivity contribution in [2.75, 3.05) is 7.11 Å². The first-order valence-corrected chi connectivity index (χ1v) is 8.99. The van der Waals surface area contributed by atoms with Crippen LogP contribution in [0.3, 0.4) is 0 Å². The van der Waals surface area contributed by atoms with Gasteiger partial charge in [-0.15, -0.1) is 11.3 Å². The molecule has 4 nitrogen and oxygen atoms in total. The SMILES string of the molecule is COc1ccc2sc(C(=O)NCc3ccccc3)c(OC(C)C)c2c1. The molecule has 0 saturated carbocycles. The van der Waals surface area contributed by atoms with Crippen LogP contribution in [0.4, 0.5) is 0 Å². The van der Waals surface area contributed by atoms with E-state index in [0.717, 1.165) is 21.4 Å². The summed E-state index contributed by atoms with van der Waals surface area (Å²) in [7, 11) is 1.63. The van der Waals surface area contributed by atoms with Crippen LogP contribution in [0.15, 0.2) is 48.5 Å². The molecule has 1 N–H and O–H groups in total. The van der Waals surface area contributed by atoms with Gasteiger partial charge < -0.3 is 14.8 Å². The average Bonchev–Trinajstić information content (AvgIpc) is 2.97. The van der Waals surface area contributed by atoms with Crippen molar-refractivity contribution in [1.82, 2.24) is 5.32 Å². The van der Waals surface area contributed by atoms with Crippen molar-refractivity contribution in [3.63, 3.8) is 0 Å². The Morgan fingerprint density at radius 1 is 1.16 bits per heavy atom. The zero-order valence-electron chi connectivity index (χ0n) is 14.5. The van der Waals surface area contributed by atoms with E-state index in [-0.39, 0.29) is 12.0 Å². The molecule has 3 aromatic rings. The lowest BCUT2D eigenvalue weighted by molar-refractivity contribution is 0.0950. The van der Waals surface area contributed by atoms with Crippen LogP contribution in [0.2, 0.25) is 0 Å². The Kier molecular flexibility index (Phi) is 5.24. The minimum absolute atomic E-state index is 0.0234. The molecule has 0 aliphatic rings. The molecule has 3 rings (SSSR count). The van der Waals surface area contributed by atoms with Crippen LogP contribution >= 0.6 is 11.3 Å². The summed E-state index contributed by atoms with van der Waals surface area (Å²) in [5.74, 6) is 1.24. The summed E-state index contributed by atoms with van der Waals surface area (Å²) in [6, 6.07) is 15.6. The van der Waals surface area contributed by atoms with Crippen LogP contribution in [-0.2, 0) is 6.54 Å². The molecule has 130 valence electrons. The number of benzene rings is 2. The molecule has 0 unspecified atom stereocenters. The highest BCUT2D eigenvalue weighted by Gasteiger charge is 2.21. The van der Waals surface area contributed by atoms with Crippen LogP contribution in [0, 0.1) is 0 Å². The van der Waals surface area contributed by atoms with Crippen molar-refractivity contribution in [3.05, 3.63) is 59.0 Å². The van der Waals surface area contributed by atoms with Gasteiger partial charge in [-0.3, -0.25) is 4.79 Å². The predicted octanol–water partition coefficient (Wildman–Crippen LogP) is 4.63. The number of amides is 1. The zero-order chi connectivity index (χ0) is 17.8. The third-order valence-corrected chi connectivity index (χ3v) is 4.86. The minimum Gasteiger partial charge on any atom is -0.497 e. The molecule has 2 aromatic carbocycles. The summed E-state index contributed by atoms with van der Waals surface area (Å²) in [6.07, 6.45) is -0.0234. The Bertz CT molecular complexity index is 871. The van der Waals surface area contributed by atoms with E-state index in [9.17, 15) is 4.79 Å². The second kappa shape index (κ2) is 7.57. The minimum atomic E-state index is -0.125. The second-order valence-electron chi connectivity index (χ2n) is 5.96. The predicted molar refractivity (Wildman–Crippen MR) is 102 cm³/mol. The normalized spacial score (nSPS) is 10.9. The third-order valence-electron chi connectivity index (χ3n) is 3.71. The Morgan fingerprint density at radius 3 is 2.60 bits per heavy atom. The molecule has 0 bridgehead atoms. The lowest BCUT2D eigenvalue weighted by Crippen LogP contribution is -2.22. The fourth-order valence-corrected chi connectivity index (χ4v) is 3.57. The molecular weight excluding hydrogens is 334 g/mol. The Balaban J connectivity index is 1.92. The number of fused-ring (bicyclic) bond motifs is 1. The van der Waals surface area contributed by atoms with Crippen molar-refractivity contribution in [2.24, 2.45) is 0 Å². The van der Waals surface area contributed by atoms with Crippen molar-refractivity contribution < 1.29 is 14.3 Å². The van der Waals surface area contributed by atoms with E-state index < -0.39 is 0 Å². The molecule has 0 atom stereocenters. The largest absolute Gasteiger partial charge is 0.497 e. The fourth-order valence-electron chi connectivity index (χ4n) is 2.54. The number of hydrogen-bond donors (Lipinski definition) is 1. The standard InChI is InChI=1S/C20H21NO3S/c1-13(2)24-18-16-11-15(23-3)9-10-17(16)25-19(18)20(22)21-12-14-7-5-4-6-8-14/h4-11,13H,12H2,1-3H3,(H,21,22). The molecule has 25 heavy (non-hydrogen) atoms. The van der Waals surface area contributed by atoms with Gasteiger partial charge in [0, 0.05) is 16.6 Å². The first-order valence-electron chi connectivity index (χ1n) is 8.18. The van der Waals surface area contributed by atoms with Gasteiger partial charge in [0.1, 0.15) is 10.6 Å². The monoisotopic (exact) mass is 355 g/mol. The van der Waals surface area contributed by atoms with Gasteiger partial charge >= 0.3 is 0 Å². The topological polar surface area (TPSA) is 47.6 Å². The summed E-state index contributed by atoms with van der Waals surface area (Å²) in [6.45, 7) is 4.39.